The lowest BCUT2D eigenvalue weighted by molar-refractivity contribution is -0.124. The maximum Gasteiger partial charge on any atom is 0.243 e. The van der Waals surface area contributed by atoms with E-state index in [0.717, 1.165) is 16.9 Å². The zero-order valence-corrected chi connectivity index (χ0v) is 17.5. The average Bonchev–Trinajstić information content (AvgIpc) is 2.93. The van der Waals surface area contributed by atoms with Crippen LogP contribution in [0.1, 0.15) is 38.2 Å². The third kappa shape index (κ3) is 4.23. The Labute approximate surface area is 173 Å². The summed E-state index contributed by atoms with van der Waals surface area (Å²) in [5.41, 5.74) is 2.39. The molecule has 0 saturated heterocycles. The van der Waals surface area contributed by atoms with Gasteiger partial charge in [0.15, 0.2) is 0 Å². The standard InChI is InChI=1S/C20H20Cl3N3O/c1-11(2)24-20(27)12(3)26-18-10-16(23)15(22)9-17(18)25-19(26)8-13-6-4-5-7-14(13)21/h4-7,9-12H,8H2,1-3H3,(H,24,27). The van der Waals surface area contributed by atoms with Gasteiger partial charge in [-0.3, -0.25) is 4.79 Å². The fraction of sp³-hybridized carbons (Fsp3) is 0.300. The number of imidazole rings is 1. The number of fused-ring (bicyclic) bond motifs is 1. The van der Waals surface area contributed by atoms with Crippen LogP contribution in [0.15, 0.2) is 36.4 Å². The Kier molecular flexibility index (Phi) is 5.99. The molecule has 3 rings (SSSR count). The van der Waals surface area contributed by atoms with Crippen LogP contribution in [0.25, 0.3) is 11.0 Å². The van der Waals surface area contributed by atoms with Crippen LogP contribution in [0.5, 0.6) is 0 Å². The van der Waals surface area contributed by atoms with Gasteiger partial charge in [0.25, 0.3) is 0 Å². The number of nitrogens with zero attached hydrogens (tertiary/aromatic N) is 2. The summed E-state index contributed by atoms with van der Waals surface area (Å²) in [5.74, 6) is 0.638. The molecule has 0 aliphatic heterocycles. The van der Waals surface area contributed by atoms with Crippen LogP contribution in [0.2, 0.25) is 15.1 Å². The number of hydrogen-bond acceptors (Lipinski definition) is 2. The zero-order chi connectivity index (χ0) is 19.7. The highest BCUT2D eigenvalue weighted by Gasteiger charge is 2.23. The molecule has 0 radical (unpaired) electrons. The molecule has 3 aromatic rings. The third-order valence-electron chi connectivity index (χ3n) is 4.31. The van der Waals surface area contributed by atoms with Gasteiger partial charge in [0.05, 0.1) is 21.1 Å². The fourth-order valence-electron chi connectivity index (χ4n) is 3.03. The van der Waals surface area contributed by atoms with E-state index in [1.807, 2.05) is 49.6 Å². The van der Waals surface area contributed by atoms with Crippen LogP contribution in [0.3, 0.4) is 0 Å². The van der Waals surface area contributed by atoms with Crippen molar-refractivity contribution in [2.24, 2.45) is 0 Å². The molecular weight excluding hydrogens is 405 g/mol. The average molecular weight is 425 g/mol. The Morgan fingerprint density at radius 1 is 1.07 bits per heavy atom. The molecular formula is C20H20Cl3N3O. The Morgan fingerprint density at radius 3 is 2.41 bits per heavy atom. The van der Waals surface area contributed by atoms with Crippen molar-refractivity contribution in [3.63, 3.8) is 0 Å². The van der Waals surface area contributed by atoms with Crippen molar-refractivity contribution in [1.29, 1.82) is 0 Å². The minimum Gasteiger partial charge on any atom is -0.352 e. The lowest BCUT2D eigenvalue weighted by Gasteiger charge is -2.19. The molecule has 7 heteroatoms. The molecule has 0 bridgehead atoms. The maximum absolute atomic E-state index is 12.7. The monoisotopic (exact) mass is 423 g/mol. The summed E-state index contributed by atoms with van der Waals surface area (Å²) in [6, 6.07) is 10.6. The van der Waals surface area contributed by atoms with Gasteiger partial charge in [0.1, 0.15) is 11.9 Å². The Morgan fingerprint density at radius 2 is 1.74 bits per heavy atom. The van der Waals surface area contributed by atoms with Crippen molar-refractivity contribution in [3.8, 4) is 0 Å². The van der Waals surface area contributed by atoms with E-state index in [1.165, 1.54) is 0 Å². The lowest BCUT2D eigenvalue weighted by atomic mass is 10.1. The normalized spacial score (nSPS) is 12.6. The second kappa shape index (κ2) is 8.09. The van der Waals surface area contributed by atoms with Crippen LogP contribution >= 0.6 is 34.8 Å². The zero-order valence-electron chi connectivity index (χ0n) is 15.3. The molecule has 2 aromatic carbocycles. The summed E-state index contributed by atoms with van der Waals surface area (Å²) < 4.78 is 1.90. The van der Waals surface area contributed by atoms with Gasteiger partial charge >= 0.3 is 0 Å². The lowest BCUT2D eigenvalue weighted by Crippen LogP contribution is -2.36. The second-order valence-electron chi connectivity index (χ2n) is 6.76. The SMILES string of the molecule is CC(C)NC(=O)C(C)n1c(Cc2ccccc2Cl)nc2cc(Cl)c(Cl)cc21. The van der Waals surface area contributed by atoms with Gasteiger partial charge in [-0.05, 0) is 44.5 Å². The van der Waals surface area contributed by atoms with E-state index in [2.05, 4.69) is 5.32 Å². The summed E-state index contributed by atoms with van der Waals surface area (Å²) in [5, 5.41) is 4.46. The van der Waals surface area contributed by atoms with Gasteiger partial charge in [0, 0.05) is 17.5 Å². The molecule has 1 atom stereocenters. The molecule has 0 fully saturated rings. The van der Waals surface area contributed by atoms with Gasteiger partial charge < -0.3 is 9.88 Å². The topological polar surface area (TPSA) is 46.9 Å². The van der Waals surface area contributed by atoms with Crippen molar-refractivity contribution < 1.29 is 4.79 Å². The van der Waals surface area contributed by atoms with E-state index >= 15 is 0 Å². The van der Waals surface area contributed by atoms with Crippen molar-refractivity contribution in [1.82, 2.24) is 14.9 Å². The van der Waals surface area contributed by atoms with Gasteiger partial charge in [-0.15, -0.1) is 0 Å². The van der Waals surface area contributed by atoms with Gasteiger partial charge in [-0.1, -0.05) is 53.0 Å². The van der Waals surface area contributed by atoms with Crippen LogP contribution in [0, 0.1) is 0 Å². The predicted octanol–water partition coefficient (Wildman–Crippen LogP) is 5.67. The Bertz CT molecular complexity index is 998. The van der Waals surface area contributed by atoms with E-state index in [4.69, 9.17) is 39.8 Å². The van der Waals surface area contributed by atoms with Crippen LogP contribution in [-0.4, -0.2) is 21.5 Å². The van der Waals surface area contributed by atoms with E-state index in [1.54, 1.807) is 12.1 Å². The summed E-state index contributed by atoms with van der Waals surface area (Å²) in [7, 11) is 0. The number of benzene rings is 2. The Hall–Kier alpha value is -1.75. The van der Waals surface area contributed by atoms with Gasteiger partial charge in [-0.2, -0.15) is 0 Å². The highest BCUT2D eigenvalue weighted by atomic mass is 35.5. The number of amides is 1. The first-order valence-corrected chi connectivity index (χ1v) is 9.81. The third-order valence-corrected chi connectivity index (χ3v) is 5.40. The van der Waals surface area contributed by atoms with E-state index in [9.17, 15) is 4.79 Å². The van der Waals surface area contributed by atoms with Crippen LogP contribution < -0.4 is 5.32 Å². The van der Waals surface area contributed by atoms with Gasteiger partial charge in [0.2, 0.25) is 5.91 Å². The molecule has 1 unspecified atom stereocenters. The second-order valence-corrected chi connectivity index (χ2v) is 7.98. The molecule has 1 aromatic heterocycles. The number of carbonyl (C=O) groups excluding carboxylic acids is 1. The minimum atomic E-state index is -0.466. The molecule has 142 valence electrons. The fourth-order valence-corrected chi connectivity index (χ4v) is 3.55. The molecule has 1 heterocycles. The number of halogens is 3. The highest BCUT2D eigenvalue weighted by Crippen LogP contribution is 2.31. The van der Waals surface area contributed by atoms with E-state index in [0.29, 0.717) is 27.0 Å². The quantitative estimate of drug-likeness (QED) is 0.573. The first-order chi connectivity index (χ1) is 12.8. The number of aromatic nitrogens is 2. The van der Waals surface area contributed by atoms with Crippen molar-refractivity contribution in [2.75, 3.05) is 0 Å². The molecule has 1 N–H and O–H groups in total. The molecule has 0 aliphatic rings. The summed E-state index contributed by atoms with van der Waals surface area (Å²) in [6.45, 7) is 5.70. The van der Waals surface area contributed by atoms with Gasteiger partial charge in [-0.25, -0.2) is 4.98 Å². The van der Waals surface area contributed by atoms with Crippen molar-refractivity contribution in [3.05, 3.63) is 62.9 Å². The molecule has 0 saturated carbocycles. The van der Waals surface area contributed by atoms with E-state index < -0.39 is 6.04 Å². The number of rotatable bonds is 5. The first-order valence-electron chi connectivity index (χ1n) is 8.67. The summed E-state index contributed by atoms with van der Waals surface area (Å²) >= 11 is 18.7. The summed E-state index contributed by atoms with van der Waals surface area (Å²) in [4.78, 5) is 17.4. The summed E-state index contributed by atoms with van der Waals surface area (Å²) in [6.07, 6.45) is 0.489. The largest absolute Gasteiger partial charge is 0.352 e. The van der Waals surface area contributed by atoms with Crippen LogP contribution in [-0.2, 0) is 11.2 Å². The van der Waals surface area contributed by atoms with Crippen molar-refractivity contribution in [2.45, 2.75) is 39.3 Å². The number of nitrogens with one attached hydrogen (secondary N) is 1. The Balaban J connectivity index is 2.14. The smallest absolute Gasteiger partial charge is 0.243 e. The predicted molar refractivity (Wildman–Crippen MR) is 112 cm³/mol. The number of hydrogen-bond donors (Lipinski definition) is 1. The van der Waals surface area contributed by atoms with Crippen molar-refractivity contribution >= 4 is 51.7 Å². The maximum atomic E-state index is 12.7. The molecule has 1 amide bonds. The number of carbonyl (C=O) groups is 1. The molecule has 0 spiro atoms. The molecule has 27 heavy (non-hydrogen) atoms. The molecule has 0 aliphatic carbocycles. The highest BCUT2D eigenvalue weighted by molar-refractivity contribution is 6.42. The van der Waals surface area contributed by atoms with E-state index in [-0.39, 0.29) is 11.9 Å². The minimum absolute atomic E-state index is 0.0415. The molecule has 4 nitrogen and oxygen atoms in total. The van der Waals surface area contributed by atoms with Crippen LogP contribution in [0.4, 0.5) is 0 Å². The first kappa shape index (κ1) is 20.0.